The minimum Gasteiger partial charge on any atom is -0.378 e. The van der Waals surface area contributed by atoms with Crippen LogP contribution in [0.15, 0.2) is 11.1 Å². The van der Waals surface area contributed by atoms with Crippen LogP contribution < -0.4 is 10.5 Å². The molecular weight excluding hydrogens is 272 g/mol. The first-order valence-corrected chi connectivity index (χ1v) is 7.20. The molecule has 0 aliphatic carbocycles. The molecule has 0 bridgehead atoms. The molecule has 4 rings (SSSR count). The highest BCUT2D eigenvalue weighted by atomic mass is 16.5. The van der Waals surface area contributed by atoms with Crippen molar-refractivity contribution in [1.29, 1.82) is 0 Å². The third-order valence-corrected chi connectivity index (χ3v) is 4.17. The number of rotatable bonds is 2. The number of nitrogens with one attached hydrogen (secondary N) is 1. The fourth-order valence-corrected chi connectivity index (χ4v) is 2.95. The number of fused-ring (bicyclic) bond motifs is 1. The molecule has 8 heteroatoms. The molecule has 1 N–H and O–H groups in total. The molecule has 0 amide bonds. The minimum atomic E-state index is -0.173. The van der Waals surface area contributed by atoms with Gasteiger partial charge in [0.15, 0.2) is 11.2 Å². The monoisotopic (exact) mass is 290 g/mol. The van der Waals surface area contributed by atoms with E-state index in [-0.39, 0.29) is 5.56 Å². The Morgan fingerprint density at radius 1 is 1.33 bits per heavy atom. The van der Waals surface area contributed by atoms with Crippen molar-refractivity contribution >= 4 is 17.1 Å². The molecule has 2 aliphatic heterocycles. The van der Waals surface area contributed by atoms with Crippen LogP contribution in [0.1, 0.15) is 6.04 Å². The highest BCUT2D eigenvalue weighted by molar-refractivity contribution is 5.71. The van der Waals surface area contributed by atoms with Crippen molar-refractivity contribution in [2.24, 2.45) is 0 Å². The normalized spacial score (nSPS) is 20.9. The van der Waals surface area contributed by atoms with E-state index in [0.717, 1.165) is 26.2 Å². The molecule has 2 aliphatic rings. The van der Waals surface area contributed by atoms with Crippen LogP contribution in [0.4, 0.5) is 5.95 Å². The summed E-state index contributed by atoms with van der Waals surface area (Å²) < 4.78 is 7.36. The predicted molar refractivity (Wildman–Crippen MR) is 77.7 cm³/mol. The van der Waals surface area contributed by atoms with Gasteiger partial charge in [-0.05, 0) is 7.05 Å². The van der Waals surface area contributed by atoms with Gasteiger partial charge in [-0.3, -0.25) is 9.78 Å². The van der Waals surface area contributed by atoms with Gasteiger partial charge in [-0.25, -0.2) is 4.98 Å². The highest BCUT2D eigenvalue weighted by Crippen LogP contribution is 2.23. The maximum absolute atomic E-state index is 12.2. The summed E-state index contributed by atoms with van der Waals surface area (Å²) in [4.78, 5) is 28.2. The molecule has 0 aromatic carbocycles. The SMILES string of the molecule is CN1CC(n2cnc3c(=O)[nH]c(N4CCOCC4)nc32)C1. The van der Waals surface area contributed by atoms with Crippen LogP contribution in [0.5, 0.6) is 0 Å². The Labute approximate surface area is 121 Å². The average molecular weight is 290 g/mol. The van der Waals surface area contributed by atoms with E-state index >= 15 is 0 Å². The van der Waals surface area contributed by atoms with Gasteiger partial charge < -0.3 is 19.1 Å². The summed E-state index contributed by atoms with van der Waals surface area (Å²) in [6.07, 6.45) is 1.73. The molecule has 2 fully saturated rings. The molecule has 2 aromatic heterocycles. The van der Waals surface area contributed by atoms with Crippen molar-refractivity contribution in [2.75, 3.05) is 51.3 Å². The fraction of sp³-hybridized carbons (Fsp3) is 0.615. The summed E-state index contributed by atoms with van der Waals surface area (Å²) in [5.74, 6) is 0.616. The summed E-state index contributed by atoms with van der Waals surface area (Å²) in [7, 11) is 2.08. The van der Waals surface area contributed by atoms with E-state index in [1.54, 1.807) is 6.33 Å². The smallest absolute Gasteiger partial charge is 0.280 e. The number of nitrogens with zero attached hydrogens (tertiary/aromatic N) is 5. The second kappa shape index (κ2) is 4.81. The van der Waals surface area contributed by atoms with Crippen LogP contribution >= 0.6 is 0 Å². The summed E-state index contributed by atoms with van der Waals surface area (Å²) in [5.41, 5.74) is 0.924. The topological polar surface area (TPSA) is 79.3 Å². The maximum Gasteiger partial charge on any atom is 0.280 e. The standard InChI is InChI=1S/C13H18N6O2/c1-17-6-9(7-17)19-8-14-10-11(19)15-13(16-12(10)20)18-2-4-21-5-3-18/h8-9H,2-7H2,1H3,(H,15,16,20). The lowest BCUT2D eigenvalue weighted by Gasteiger charge is -2.37. The maximum atomic E-state index is 12.2. The first-order valence-electron chi connectivity index (χ1n) is 7.20. The largest absolute Gasteiger partial charge is 0.378 e. The summed E-state index contributed by atoms with van der Waals surface area (Å²) in [6.45, 7) is 4.74. The van der Waals surface area contributed by atoms with E-state index in [0.29, 0.717) is 36.4 Å². The van der Waals surface area contributed by atoms with E-state index in [4.69, 9.17) is 4.74 Å². The van der Waals surface area contributed by atoms with Gasteiger partial charge in [-0.1, -0.05) is 0 Å². The van der Waals surface area contributed by atoms with Crippen LogP contribution in [0.3, 0.4) is 0 Å². The van der Waals surface area contributed by atoms with Crippen LogP contribution in [-0.4, -0.2) is 70.9 Å². The molecule has 0 atom stereocenters. The number of H-pyrrole nitrogens is 1. The van der Waals surface area contributed by atoms with Gasteiger partial charge in [0, 0.05) is 26.2 Å². The van der Waals surface area contributed by atoms with Crippen molar-refractivity contribution in [3.63, 3.8) is 0 Å². The molecule has 0 spiro atoms. The molecule has 4 heterocycles. The van der Waals surface area contributed by atoms with Crippen LogP contribution in [0.2, 0.25) is 0 Å². The van der Waals surface area contributed by atoms with Crippen LogP contribution in [0, 0.1) is 0 Å². The number of aromatic amines is 1. The summed E-state index contributed by atoms with van der Waals surface area (Å²) >= 11 is 0. The molecule has 2 aromatic rings. The van der Waals surface area contributed by atoms with Gasteiger partial charge in [0.2, 0.25) is 5.95 Å². The quantitative estimate of drug-likeness (QED) is 0.799. The molecular formula is C13H18N6O2. The van der Waals surface area contributed by atoms with E-state index in [2.05, 4.69) is 31.8 Å². The minimum absolute atomic E-state index is 0.173. The van der Waals surface area contributed by atoms with E-state index in [9.17, 15) is 4.79 Å². The Hall–Kier alpha value is -1.93. The van der Waals surface area contributed by atoms with Crippen molar-refractivity contribution in [3.8, 4) is 0 Å². The molecule has 2 saturated heterocycles. The summed E-state index contributed by atoms with van der Waals surface area (Å²) in [6, 6.07) is 0.354. The molecule has 0 unspecified atom stereocenters. The van der Waals surface area contributed by atoms with E-state index < -0.39 is 0 Å². The number of imidazole rings is 1. The van der Waals surface area contributed by atoms with Gasteiger partial charge in [-0.15, -0.1) is 0 Å². The fourth-order valence-electron chi connectivity index (χ4n) is 2.95. The average Bonchev–Trinajstić information content (AvgIpc) is 2.89. The second-order valence-corrected chi connectivity index (χ2v) is 5.69. The number of likely N-dealkylation sites (tertiary alicyclic amines) is 1. The molecule has 112 valence electrons. The Morgan fingerprint density at radius 2 is 2.10 bits per heavy atom. The molecule has 21 heavy (non-hydrogen) atoms. The molecule has 8 nitrogen and oxygen atoms in total. The number of likely N-dealkylation sites (N-methyl/N-ethyl adjacent to an activating group) is 1. The Bertz CT molecular complexity index is 711. The third kappa shape index (κ3) is 2.11. The van der Waals surface area contributed by atoms with Crippen molar-refractivity contribution < 1.29 is 4.74 Å². The van der Waals surface area contributed by atoms with Gasteiger partial charge in [0.25, 0.3) is 5.56 Å². The van der Waals surface area contributed by atoms with Gasteiger partial charge >= 0.3 is 0 Å². The van der Waals surface area contributed by atoms with E-state index in [1.165, 1.54) is 0 Å². The van der Waals surface area contributed by atoms with Crippen LogP contribution in [-0.2, 0) is 4.74 Å². The predicted octanol–water partition coefficient (Wildman–Crippen LogP) is -0.557. The number of ether oxygens (including phenoxy) is 1. The lowest BCUT2D eigenvalue weighted by Crippen LogP contribution is -2.44. The van der Waals surface area contributed by atoms with Crippen molar-refractivity contribution in [1.82, 2.24) is 24.4 Å². The first-order chi connectivity index (χ1) is 10.2. The zero-order valence-electron chi connectivity index (χ0n) is 11.9. The van der Waals surface area contributed by atoms with Crippen LogP contribution in [0.25, 0.3) is 11.2 Å². The van der Waals surface area contributed by atoms with Crippen molar-refractivity contribution in [2.45, 2.75) is 6.04 Å². The molecule has 0 saturated carbocycles. The second-order valence-electron chi connectivity index (χ2n) is 5.69. The number of hydrogen-bond donors (Lipinski definition) is 1. The summed E-state index contributed by atoms with van der Waals surface area (Å²) in [5, 5.41) is 0. The number of hydrogen-bond acceptors (Lipinski definition) is 6. The first kappa shape index (κ1) is 12.8. The number of morpholine rings is 1. The van der Waals surface area contributed by atoms with Gasteiger partial charge in [-0.2, -0.15) is 4.98 Å². The highest BCUT2D eigenvalue weighted by Gasteiger charge is 2.27. The Balaban J connectivity index is 1.76. The third-order valence-electron chi connectivity index (χ3n) is 4.17. The van der Waals surface area contributed by atoms with Gasteiger partial charge in [0.05, 0.1) is 25.6 Å². The number of aromatic nitrogens is 4. The van der Waals surface area contributed by atoms with Gasteiger partial charge in [0.1, 0.15) is 0 Å². The lowest BCUT2D eigenvalue weighted by molar-refractivity contribution is 0.122. The Kier molecular flexibility index (Phi) is 2.93. The number of anilines is 1. The molecule has 0 radical (unpaired) electrons. The van der Waals surface area contributed by atoms with Crippen molar-refractivity contribution in [3.05, 3.63) is 16.7 Å². The van der Waals surface area contributed by atoms with E-state index in [1.807, 2.05) is 4.57 Å². The zero-order chi connectivity index (χ0) is 14.4. The zero-order valence-corrected chi connectivity index (χ0v) is 11.9. The lowest BCUT2D eigenvalue weighted by atomic mass is 10.1. The Morgan fingerprint density at radius 3 is 2.81 bits per heavy atom.